The van der Waals surface area contributed by atoms with Crippen molar-refractivity contribution in [2.24, 2.45) is 0 Å². The molecule has 0 heterocycles. The molecule has 1 amide bonds. The van der Waals surface area contributed by atoms with Gasteiger partial charge in [-0.1, -0.05) is 37.3 Å². The molecule has 0 saturated heterocycles. The molecular formula is C18H18FNO3. The molecule has 0 radical (unpaired) electrons. The van der Waals surface area contributed by atoms with Crippen LogP contribution in [0.2, 0.25) is 0 Å². The van der Waals surface area contributed by atoms with Crippen LogP contribution in [0.15, 0.2) is 54.6 Å². The largest absolute Gasteiger partial charge is 0.455 e. The number of rotatable bonds is 6. The summed E-state index contributed by atoms with van der Waals surface area (Å²) in [4.78, 5) is 23.9. The lowest BCUT2D eigenvalue weighted by Crippen LogP contribution is -2.23. The number of hydrogen-bond donors (Lipinski definition) is 1. The molecule has 1 atom stereocenters. The number of benzene rings is 2. The van der Waals surface area contributed by atoms with Crippen LogP contribution in [0.4, 0.5) is 10.1 Å². The van der Waals surface area contributed by atoms with Gasteiger partial charge in [0.15, 0.2) is 6.61 Å². The van der Waals surface area contributed by atoms with Gasteiger partial charge in [0.2, 0.25) is 0 Å². The van der Waals surface area contributed by atoms with Crippen LogP contribution in [-0.4, -0.2) is 18.5 Å². The van der Waals surface area contributed by atoms with E-state index in [-0.39, 0.29) is 12.4 Å². The first kappa shape index (κ1) is 16.7. The van der Waals surface area contributed by atoms with Gasteiger partial charge in [0.1, 0.15) is 5.82 Å². The monoisotopic (exact) mass is 315 g/mol. The molecular weight excluding hydrogens is 297 g/mol. The maximum atomic E-state index is 12.8. The van der Waals surface area contributed by atoms with Crippen LogP contribution in [0.25, 0.3) is 0 Å². The Bertz CT molecular complexity index is 656. The summed E-state index contributed by atoms with van der Waals surface area (Å²) in [6.07, 6.45) is 0.586. The molecule has 2 aromatic carbocycles. The number of carbonyl (C=O) groups excluding carboxylic acids is 2. The van der Waals surface area contributed by atoms with Crippen molar-refractivity contribution in [1.82, 2.24) is 0 Å². The van der Waals surface area contributed by atoms with Crippen molar-refractivity contribution < 1.29 is 18.7 Å². The number of carbonyl (C=O) groups is 2. The minimum atomic E-state index is -0.465. The molecule has 23 heavy (non-hydrogen) atoms. The third-order valence-electron chi connectivity index (χ3n) is 3.37. The van der Waals surface area contributed by atoms with Gasteiger partial charge in [-0.3, -0.25) is 9.59 Å². The number of anilines is 1. The molecule has 2 aromatic rings. The summed E-state index contributed by atoms with van der Waals surface area (Å²) in [5.74, 6) is -1.68. The highest BCUT2D eigenvalue weighted by atomic mass is 19.1. The Hall–Kier alpha value is -2.69. The third kappa shape index (κ3) is 4.92. The summed E-state index contributed by atoms with van der Waals surface area (Å²) in [7, 11) is 0. The minimum Gasteiger partial charge on any atom is -0.455 e. The van der Waals surface area contributed by atoms with Crippen LogP contribution in [-0.2, 0) is 14.3 Å². The fourth-order valence-electron chi connectivity index (χ4n) is 2.19. The summed E-state index contributed by atoms with van der Waals surface area (Å²) in [5.41, 5.74) is 1.31. The molecule has 0 fully saturated rings. The van der Waals surface area contributed by atoms with Crippen LogP contribution < -0.4 is 5.32 Å². The molecule has 120 valence electrons. The normalized spacial score (nSPS) is 11.6. The van der Waals surface area contributed by atoms with E-state index in [1.54, 1.807) is 0 Å². The van der Waals surface area contributed by atoms with Crippen LogP contribution in [0.1, 0.15) is 24.8 Å². The third-order valence-corrected chi connectivity index (χ3v) is 3.37. The van der Waals surface area contributed by atoms with Gasteiger partial charge in [0.05, 0.1) is 5.92 Å². The summed E-state index contributed by atoms with van der Waals surface area (Å²) in [6.45, 7) is 1.51. The Morgan fingerprint density at radius 2 is 1.74 bits per heavy atom. The van der Waals surface area contributed by atoms with Crippen molar-refractivity contribution in [2.45, 2.75) is 19.3 Å². The standard InChI is InChI=1S/C18H18FNO3/c1-2-16(13-6-4-3-5-7-13)18(22)23-12-17(21)20-15-10-8-14(19)9-11-15/h3-11,16H,2,12H2,1H3,(H,20,21)/t16-/m1/s1. The lowest BCUT2D eigenvalue weighted by Gasteiger charge is -2.14. The predicted octanol–water partition coefficient (Wildman–Crippen LogP) is 3.50. The molecule has 0 aromatic heterocycles. The first-order valence-corrected chi connectivity index (χ1v) is 7.37. The molecule has 0 unspecified atom stereocenters. The van der Waals surface area contributed by atoms with E-state index < -0.39 is 17.8 Å². The quantitative estimate of drug-likeness (QED) is 0.830. The Labute approximate surface area is 134 Å². The van der Waals surface area contributed by atoms with E-state index in [4.69, 9.17) is 4.74 Å². The van der Waals surface area contributed by atoms with Gasteiger partial charge >= 0.3 is 5.97 Å². The van der Waals surface area contributed by atoms with Gasteiger partial charge in [-0.25, -0.2) is 4.39 Å². The number of nitrogens with one attached hydrogen (secondary N) is 1. The average Bonchev–Trinajstić information content (AvgIpc) is 2.57. The number of ether oxygens (including phenoxy) is 1. The van der Waals surface area contributed by atoms with Crippen LogP contribution >= 0.6 is 0 Å². The molecule has 0 aliphatic carbocycles. The topological polar surface area (TPSA) is 55.4 Å². The fourth-order valence-corrected chi connectivity index (χ4v) is 2.19. The molecule has 0 spiro atoms. The van der Waals surface area contributed by atoms with Gasteiger partial charge in [-0.05, 0) is 36.2 Å². The number of amides is 1. The molecule has 4 nitrogen and oxygen atoms in total. The van der Waals surface area contributed by atoms with E-state index in [2.05, 4.69) is 5.32 Å². The van der Waals surface area contributed by atoms with E-state index in [1.165, 1.54) is 24.3 Å². The maximum Gasteiger partial charge on any atom is 0.313 e. The summed E-state index contributed by atoms with van der Waals surface area (Å²) < 4.78 is 17.9. The molecule has 0 bridgehead atoms. The van der Waals surface area contributed by atoms with Crippen molar-refractivity contribution in [3.63, 3.8) is 0 Å². The Morgan fingerprint density at radius 3 is 2.35 bits per heavy atom. The smallest absolute Gasteiger partial charge is 0.313 e. The second-order valence-corrected chi connectivity index (χ2v) is 5.03. The first-order valence-electron chi connectivity index (χ1n) is 7.37. The maximum absolute atomic E-state index is 12.8. The van der Waals surface area contributed by atoms with Crippen molar-refractivity contribution in [1.29, 1.82) is 0 Å². The van der Waals surface area contributed by atoms with Gasteiger partial charge in [0, 0.05) is 5.69 Å². The zero-order chi connectivity index (χ0) is 16.7. The summed E-state index contributed by atoms with van der Waals surface area (Å²) >= 11 is 0. The Balaban J connectivity index is 1.87. The Kier molecular flexibility index (Phi) is 5.86. The van der Waals surface area contributed by atoms with Crippen molar-refractivity contribution >= 4 is 17.6 Å². The van der Waals surface area contributed by atoms with Gasteiger partial charge in [-0.2, -0.15) is 0 Å². The number of esters is 1. The highest BCUT2D eigenvalue weighted by Gasteiger charge is 2.20. The van der Waals surface area contributed by atoms with Crippen LogP contribution in [0.5, 0.6) is 0 Å². The molecule has 2 rings (SSSR count). The van der Waals surface area contributed by atoms with E-state index in [9.17, 15) is 14.0 Å². The molecule has 1 N–H and O–H groups in total. The number of hydrogen-bond acceptors (Lipinski definition) is 3. The number of halogens is 1. The van der Waals surface area contributed by atoms with Gasteiger partial charge < -0.3 is 10.1 Å². The highest BCUT2D eigenvalue weighted by Crippen LogP contribution is 2.20. The van der Waals surface area contributed by atoms with Crippen molar-refractivity contribution in [2.75, 3.05) is 11.9 Å². The second-order valence-electron chi connectivity index (χ2n) is 5.03. The predicted molar refractivity (Wildman–Crippen MR) is 85.5 cm³/mol. The molecule has 5 heteroatoms. The van der Waals surface area contributed by atoms with E-state index >= 15 is 0 Å². The molecule has 0 saturated carbocycles. The Morgan fingerprint density at radius 1 is 1.09 bits per heavy atom. The van der Waals surface area contributed by atoms with Crippen LogP contribution in [0.3, 0.4) is 0 Å². The van der Waals surface area contributed by atoms with Gasteiger partial charge in [-0.15, -0.1) is 0 Å². The minimum absolute atomic E-state index is 0.375. The van der Waals surface area contributed by atoms with E-state index in [1.807, 2.05) is 37.3 Å². The highest BCUT2D eigenvalue weighted by molar-refractivity contribution is 5.93. The van der Waals surface area contributed by atoms with Crippen molar-refractivity contribution in [3.8, 4) is 0 Å². The average molecular weight is 315 g/mol. The van der Waals surface area contributed by atoms with Crippen LogP contribution in [0, 0.1) is 5.82 Å². The first-order chi connectivity index (χ1) is 11.1. The van der Waals surface area contributed by atoms with E-state index in [0.717, 1.165) is 5.56 Å². The second kappa shape index (κ2) is 8.08. The SMILES string of the molecule is CC[C@@H](C(=O)OCC(=O)Nc1ccc(F)cc1)c1ccccc1. The lowest BCUT2D eigenvalue weighted by atomic mass is 9.97. The van der Waals surface area contributed by atoms with Gasteiger partial charge in [0.25, 0.3) is 5.91 Å². The lowest BCUT2D eigenvalue weighted by molar-refractivity contribution is -0.149. The summed E-state index contributed by atoms with van der Waals surface area (Å²) in [6, 6.07) is 14.6. The molecule has 0 aliphatic heterocycles. The zero-order valence-electron chi connectivity index (χ0n) is 12.8. The fraction of sp³-hybridized carbons (Fsp3) is 0.222. The van der Waals surface area contributed by atoms with E-state index in [0.29, 0.717) is 12.1 Å². The van der Waals surface area contributed by atoms with Crippen molar-refractivity contribution in [3.05, 3.63) is 66.0 Å². The molecule has 0 aliphatic rings. The summed E-state index contributed by atoms with van der Waals surface area (Å²) in [5, 5.41) is 2.54. The zero-order valence-corrected chi connectivity index (χ0v) is 12.8.